The number of pyridine rings is 1. The molecule has 26 heavy (non-hydrogen) atoms. The second-order valence-electron chi connectivity index (χ2n) is 6.56. The first-order valence-corrected chi connectivity index (χ1v) is 9.40. The summed E-state index contributed by atoms with van der Waals surface area (Å²) < 4.78 is 0. The molecule has 0 aliphatic carbocycles. The number of Topliss-reactive ketones (excluding diaryl/α,β-unsaturated/α-hetero) is 1. The first-order chi connectivity index (χ1) is 12.5. The number of carbonyl (C=O) groups excluding carboxylic acids is 2. The van der Waals surface area contributed by atoms with Crippen molar-refractivity contribution in [3.05, 3.63) is 63.8 Å². The van der Waals surface area contributed by atoms with Gasteiger partial charge in [0.2, 0.25) is 5.78 Å². The standard InChI is InChI=1S/C19H21N3O3S/c1-21(2)10-4-11-22-16(13-6-8-20-9-7-13)15(18(24)19(22)25)17(23)14-5-3-12-26-14/h3,5-9,12,16,24H,4,10-11H2,1-2H3/p+1/t16-/m0/s1. The number of nitrogens with one attached hydrogen (secondary N) is 1. The Morgan fingerprint density at radius 3 is 2.65 bits per heavy atom. The number of hydrogen-bond donors (Lipinski definition) is 2. The van der Waals surface area contributed by atoms with Gasteiger partial charge in [-0.1, -0.05) is 6.07 Å². The molecule has 1 aliphatic rings. The lowest BCUT2D eigenvalue weighted by molar-refractivity contribution is -0.858. The molecule has 0 fully saturated rings. The number of aliphatic hydroxyl groups excluding tert-OH is 1. The second kappa shape index (κ2) is 7.80. The minimum Gasteiger partial charge on any atom is -0.503 e. The van der Waals surface area contributed by atoms with Crippen molar-refractivity contribution in [3.8, 4) is 0 Å². The highest BCUT2D eigenvalue weighted by Crippen LogP contribution is 2.39. The Labute approximate surface area is 156 Å². The van der Waals surface area contributed by atoms with E-state index in [1.165, 1.54) is 16.2 Å². The van der Waals surface area contributed by atoms with Crippen LogP contribution in [0.1, 0.15) is 27.7 Å². The maximum Gasteiger partial charge on any atom is 0.290 e. The van der Waals surface area contributed by atoms with Gasteiger partial charge in [-0.2, -0.15) is 0 Å². The lowest BCUT2D eigenvalue weighted by Crippen LogP contribution is -3.05. The molecule has 136 valence electrons. The average Bonchev–Trinajstić information content (AvgIpc) is 3.24. The molecule has 6 nitrogen and oxygen atoms in total. The number of carbonyl (C=O) groups is 2. The van der Waals surface area contributed by atoms with Gasteiger partial charge in [-0.3, -0.25) is 14.6 Å². The van der Waals surface area contributed by atoms with Gasteiger partial charge in [0.05, 0.1) is 37.1 Å². The minimum absolute atomic E-state index is 0.154. The monoisotopic (exact) mass is 372 g/mol. The topological polar surface area (TPSA) is 74.9 Å². The summed E-state index contributed by atoms with van der Waals surface area (Å²) in [7, 11) is 4.10. The molecule has 7 heteroatoms. The zero-order chi connectivity index (χ0) is 18.7. The smallest absolute Gasteiger partial charge is 0.290 e. The molecule has 1 atom stereocenters. The van der Waals surface area contributed by atoms with Crippen molar-refractivity contribution in [2.75, 3.05) is 27.2 Å². The van der Waals surface area contributed by atoms with E-state index in [2.05, 4.69) is 4.98 Å². The molecule has 2 aromatic heterocycles. The van der Waals surface area contributed by atoms with Crippen LogP contribution in [0.25, 0.3) is 0 Å². The van der Waals surface area contributed by atoms with Gasteiger partial charge < -0.3 is 14.9 Å². The van der Waals surface area contributed by atoms with E-state index in [9.17, 15) is 14.7 Å². The normalized spacial score (nSPS) is 17.4. The molecule has 0 bridgehead atoms. The highest BCUT2D eigenvalue weighted by molar-refractivity contribution is 7.12. The van der Waals surface area contributed by atoms with Gasteiger partial charge in [-0.05, 0) is 29.1 Å². The molecule has 0 spiro atoms. The third kappa shape index (κ3) is 3.54. The molecular formula is C19H22N3O3S+. The maximum atomic E-state index is 13.0. The predicted octanol–water partition coefficient (Wildman–Crippen LogP) is 1.26. The third-order valence-electron chi connectivity index (χ3n) is 4.39. The van der Waals surface area contributed by atoms with E-state index in [-0.39, 0.29) is 11.4 Å². The lowest BCUT2D eigenvalue weighted by Gasteiger charge is -2.26. The fourth-order valence-electron chi connectivity index (χ4n) is 3.15. The van der Waals surface area contributed by atoms with Crippen LogP contribution >= 0.6 is 11.3 Å². The Kier molecular flexibility index (Phi) is 5.49. The minimum atomic E-state index is -0.586. The molecule has 3 heterocycles. The molecule has 1 amide bonds. The molecule has 0 saturated heterocycles. The Hall–Kier alpha value is -2.51. The number of rotatable bonds is 7. The average molecular weight is 372 g/mol. The Morgan fingerprint density at radius 2 is 2.04 bits per heavy atom. The SMILES string of the molecule is C[NH+](C)CCCN1C(=O)C(O)=C(C(=O)c2cccs2)[C@@H]1c1ccncc1. The third-order valence-corrected chi connectivity index (χ3v) is 5.26. The summed E-state index contributed by atoms with van der Waals surface area (Å²) in [6, 6.07) is 6.47. The maximum absolute atomic E-state index is 13.0. The van der Waals surface area contributed by atoms with Crippen molar-refractivity contribution >= 4 is 23.0 Å². The van der Waals surface area contributed by atoms with E-state index in [1.807, 2.05) is 14.1 Å². The Bertz CT molecular complexity index is 816. The van der Waals surface area contributed by atoms with Gasteiger partial charge in [0, 0.05) is 25.4 Å². The van der Waals surface area contributed by atoms with Crippen LogP contribution in [0.4, 0.5) is 0 Å². The fourth-order valence-corrected chi connectivity index (χ4v) is 3.83. The van der Waals surface area contributed by atoms with Crippen molar-refractivity contribution in [3.63, 3.8) is 0 Å². The van der Waals surface area contributed by atoms with E-state index in [4.69, 9.17) is 0 Å². The van der Waals surface area contributed by atoms with Crippen LogP contribution in [-0.4, -0.2) is 53.9 Å². The van der Waals surface area contributed by atoms with Gasteiger partial charge in [0.15, 0.2) is 5.76 Å². The van der Waals surface area contributed by atoms with E-state index >= 15 is 0 Å². The van der Waals surface area contributed by atoms with Crippen molar-refractivity contribution < 1.29 is 19.6 Å². The molecule has 0 aromatic carbocycles. The van der Waals surface area contributed by atoms with Crippen LogP contribution in [0.3, 0.4) is 0 Å². The summed E-state index contributed by atoms with van der Waals surface area (Å²) in [6.07, 6.45) is 4.04. The van der Waals surface area contributed by atoms with Crippen LogP contribution in [0.2, 0.25) is 0 Å². The number of hydrogen-bond acceptors (Lipinski definition) is 5. The van der Waals surface area contributed by atoms with Crippen LogP contribution < -0.4 is 4.90 Å². The molecule has 1 aliphatic heterocycles. The van der Waals surface area contributed by atoms with Gasteiger partial charge in [-0.25, -0.2) is 0 Å². The molecule has 2 N–H and O–H groups in total. The number of nitrogens with zero attached hydrogens (tertiary/aromatic N) is 2. The summed E-state index contributed by atoms with van der Waals surface area (Å²) in [5.41, 5.74) is 0.926. The number of aliphatic hydroxyl groups is 1. The molecule has 0 unspecified atom stereocenters. The van der Waals surface area contributed by atoms with E-state index in [1.54, 1.807) is 46.9 Å². The number of aromatic nitrogens is 1. The van der Waals surface area contributed by atoms with Gasteiger partial charge in [0.1, 0.15) is 0 Å². The number of thiophene rings is 1. The largest absolute Gasteiger partial charge is 0.503 e. The van der Waals surface area contributed by atoms with Crippen LogP contribution in [-0.2, 0) is 4.79 Å². The highest BCUT2D eigenvalue weighted by atomic mass is 32.1. The number of quaternary nitrogens is 1. The molecule has 0 saturated carbocycles. The highest BCUT2D eigenvalue weighted by Gasteiger charge is 2.43. The van der Waals surface area contributed by atoms with Crippen molar-refractivity contribution in [2.45, 2.75) is 12.5 Å². The molecule has 2 aromatic rings. The van der Waals surface area contributed by atoms with Gasteiger partial charge in [0.25, 0.3) is 5.91 Å². The number of amides is 1. The van der Waals surface area contributed by atoms with Gasteiger partial charge >= 0.3 is 0 Å². The van der Waals surface area contributed by atoms with Crippen molar-refractivity contribution in [1.29, 1.82) is 0 Å². The first-order valence-electron chi connectivity index (χ1n) is 8.52. The lowest BCUT2D eigenvalue weighted by atomic mass is 9.96. The van der Waals surface area contributed by atoms with E-state index in [0.29, 0.717) is 11.4 Å². The first kappa shape index (κ1) is 18.3. The predicted molar refractivity (Wildman–Crippen MR) is 99.3 cm³/mol. The second-order valence-corrected chi connectivity index (χ2v) is 7.51. The summed E-state index contributed by atoms with van der Waals surface area (Å²) >= 11 is 1.30. The van der Waals surface area contributed by atoms with Crippen molar-refractivity contribution in [1.82, 2.24) is 9.88 Å². The quantitative estimate of drug-likeness (QED) is 0.718. The van der Waals surface area contributed by atoms with Crippen molar-refractivity contribution in [2.24, 2.45) is 0 Å². The summed E-state index contributed by atoms with van der Waals surface area (Å²) in [6.45, 7) is 1.37. The van der Waals surface area contributed by atoms with Crippen LogP contribution in [0.15, 0.2) is 53.4 Å². The van der Waals surface area contributed by atoms with Gasteiger partial charge in [-0.15, -0.1) is 11.3 Å². The fraction of sp³-hybridized carbons (Fsp3) is 0.316. The number of ketones is 1. The van der Waals surface area contributed by atoms with Crippen LogP contribution in [0, 0.1) is 0 Å². The summed E-state index contributed by atoms with van der Waals surface area (Å²) in [5.74, 6) is -1.23. The van der Waals surface area contributed by atoms with E-state index in [0.717, 1.165) is 18.5 Å². The summed E-state index contributed by atoms with van der Waals surface area (Å²) in [5, 5.41) is 12.3. The zero-order valence-electron chi connectivity index (χ0n) is 14.8. The van der Waals surface area contributed by atoms with E-state index < -0.39 is 17.7 Å². The molecular weight excluding hydrogens is 350 g/mol. The Balaban J connectivity index is 1.97. The zero-order valence-corrected chi connectivity index (χ0v) is 15.6. The summed E-state index contributed by atoms with van der Waals surface area (Å²) in [4.78, 5) is 33.1. The molecule has 0 radical (unpaired) electrons. The van der Waals surface area contributed by atoms with Crippen LogP contribution in [0.5, 0.6) is 0 Å². The molecule has 3 rings (SSSR count). The Morgan fingerprint density at radius 1 is 1.31 bits per heavy atom.